The van der Waals surface area contributed by atoms with Crippen LogP contribution in [0.25, 0.3) is 0 Å². The largest absolute Gasteiger partial charge is 0.319 e. The summed E-state index contributed by atoms with van der Waals surface area (Å²) in [6.07, 6.45) is 3.85. The summed E-state index contributed by atoms with van der Waals surface area (Å²) in [6.45, 7) is 5.78. The molecule has 0 radical (unpaired) electrons. The van der Waals surface area contributed by atoms with E-state index in [-0.39, 0.29) is 0 Å². The molecule has 2 rings (SSSR count). The molecule has 1 fully saturated rings. The van der Waals surface area contributed by atoms with Crippen molar-refractivity contribution >= 4 is 0 Å². The monoisotopic (exact) mass is 246 g/mol. The van der Waals surface area contributed by atoms with Crippen LogP contribution >= 0.6 is 0 Å². The smallest absolute Gasteiger partial charge is 0.00928 e. The normalized spacial score (nSPS) is 25.9. The third-order valence-electron chi connectivity index (χ3n) is 4.40. The van der Waals surface area contributed by atoms with E-state index in [0.717, 1.165) is 6.54 Å². The molecule has 0 aromatic heterocycles. The Hall–Kier alpha value is -0.860. The third-order valence-corrected chi connectivity index (χ3v) is 4.40. The minimum absolute atomic E-state index is 0.324. The number of benzene rings is 1. The molecule has 1 heterocycles. The van der Waals surface area contributed by atoms with Crippen molar-refractivity contribution in [3.8, 4) is 0 Å². The maximum Gasteiger partial charge on any atom is 0.00928 e. The summed E-state index contributed by atoms with van der Waals surface area (Å²) in [4.78, 5) is 2.47. The lowest BCUT2D eigenvalue weighted by atomic mass is 9.73. The van der Waals surface area contributed by atoms with E-state index in [1.54, 1.807) is 5.56 Å². The van der Waals surface area contributed by atoms with Crippen molar-refractivity contribution in [2.75, 3.05) is 33.7 Å². The van der Waals surface area contributed by atoms with Crippen LogP contribution in [0.3, 0.4) is 0 Å². The summed E-state index contributed by atoms with van der Waals surface area (Å²) in [5.74, 6) is 0. The topological polar surface area (TPSA) is 15.3 Å². The highest BCUT2D eigenvalue weighted by atomic mass is 15.1. The van der Waals surface area contributed by atoms with Gasteiger partial charge in [-0.15, -0.1) is 0 Å². The Bertz CT molecular complexity index is 388. The second kappa shape index (κ2) is 5.85. The number of aryl methyl sites for hydroxylation is 1. The Labute approximate surface area is 111 Å². The van der Waals surface area contributed by atoms with Gasteiger partial charge in [0.15, 0.2) is 0 Å². The van der Waals surface area contributed by atoms with Gasteiger partial charge in [0.25, 0.3) is 0 Å². The van der Waals surface area contributed by atoms with E-state index in [1.165, 1.54) is 37.9 Å². The number of nitrogens with one attached hydrogen (secondary N) is 1. The van der Waals surface area contributed by atoms with Gasteiger partial charge in [0, 0.05) is 12.0 Å². The molecule has 100 valence electrons. The van der Waals surface area contributed by atoms with Crippen molar-refractivity contribution in [3.63, 3.8) is 0 Å². The number of hydrogen-bond donors (Lipinski definition) is 1. The van der Waals surface area contributed by atoms with Crippen LogP contribution in [0.4, 0.5) is 0 Å². The van der Waals surface area contributed by atoms with Gasteiger partial charge in [-0.1, -0.05) is 24.3 Å². The number of likely N-dealkylation sites (tertiary alicyclic amines) is 1. The summed E-state index contributed by atoms with van der Waals surface area (Å²) in [7, 11) is 4.32. The first-order valence-electron chi connectivity index (χ1n) is 7.07. The van der Waals surface area contributed by atoms with Crippen LogP contribution < -0.4 is 5.32 Å². The molecule has 0 saturated carbocycles. The molecule has 0 aliphatic carbocycles. The number of rotatable bonds is 3. The van der Waals surface area contributed by atoms with E-state index < -0.39 is 0 Å². The fourth-order valence-corrected chi connectivity index (χ4v) is 3.38. The predicted molar refractivity (Wildman–Crippen MR) is 78.1 cm³/mol. The summed E-state index contributed by atoms with van der Waals surface area (Å²) in [5, 5.41) is 3.43. The molecule has 2 heteroatoms. The second-order valence-electron chi connectivity index (χ2n) is 5.78. The van der Waals surface area contributed by atoms with Crippen LogP contribution in [0, 0.1) is 6.92 Å². The van der Waals surface area contributed by atoms with Crippen molar-refractivity contribution in [2.24, 2.45) is 0 Å². The summed E-state index contributed by atoms with van der Waals surface area (Å²) < 4.78 is 0. The lowest BCUT2D eigenvalue weighted by Crippen LogP contribution is -2.38. The van der Waals surface area contributed by atoms with Gasteiger partial charge in [0.1, 0.15) is 0 Å². The quantitative estimate of drug-likeness (QED) is 0.882. The van der Waals surface area contributed by atoms with Crippen LogP contribution in [-0.2, 0) is 5.41 Å². The third kappa shape index (κ3) is 2.76. The fraction of sp³-hybridized carbons (Fsp3) is 0.625. The molecule has 1 aromatic rings. The zero-order valence-corrected chi connectivity index (χ0v) is 12.0. The van der Waals surface area contributed by atoms with Gasteiger partial charge in [0.2, 0.25) is 0 Å². The van der Waals surface area contributed by atoms with Crippen molar-refractivity contribution in [3.05, 3.63) is 35.4 Å². The molecule has 0 bridgehead atoms. The molecule has 2 nitrogen and oxygen atoms in total. The molecular formula is C16H26N2. The van der Waals surface area contributed by atoms with E-state index in [2.05, 4.69) is 55.5 Å². The zero-order valence-electron chi connectivity index (χ0n) is 12.0. The highest BCUT2D eigenvalue weighted by molar-refractivity contribution is 5.34. The SMILES string of the molecule is CNCC1(c2ccccc2C)CCCN(C)CC1. The van der Waals surface area contributed by atoms with Gasteiger partial charge >= 0.3 is 0 Å². The Morgan fingerprint density at radius 1 is 1.22 bits per heavy atom. The van der Waals surface area contributed by atoms with Gasteiger partial charge in [-0.3, -0.25) is 0 Å². The number of hydrogen-bond acceptors (Lipinski definition) is 2. The highest BCUT2D eigenvalue weighted by Gasteiger charge is 2.34. The lowest BCUT2D eigenvalue weighted by molar-refractivity contribution is 0.321. The predicted octanol–water partition coefficient (Wildman–Crippen LogP) is 2.57. The summed E-state index contributed by atoms with van der Waals surface area (Å²) >= 11 is 0. The maximum atomic E-state index is 3.43. The molecule has 0 spiro atoms. The van der Waals surface area contributed by atoms with Crippen molar-refractivity contribution in [1.29, 1.82) is 0 Å². The second-order valence-corrected chi connectivity index (χ2v) is 5.78. The first-order chi connectivity index (χ1) is 8.68. The molecule has 1 unspecified atom stereocenters. The van der Waals surface area contributed by atoms with Gasteiger partial charge in [-0.25, -0.2) is 0 Å². The molecule has 1 saturated heterocycles. The minimum atomic E-state index is 0.324. The van der Waals surface area contributed by atoms with Gasteiger partial charge in [0.05, 0.1) is 0 Å². The van der Waals surface area contributed by atoms with Gasteiger partial charge in [-0.05, 0) is 64.5 Å². The summed E-state index contributed by atoms with van der Waals surface area (Å²) in [6, 6.07) is 8.92. The van der Waals surface area contributed by atoms with Crippen LogP contribution in [-0.4, -0.2) is 38.6 Å². The van der Waals surface area contributed by atoms with E-state index in [4.69, 9.17) is 0 Å². The fourth-order valence-electron chi connectivity index (χ4n) is 3.38. The maximum absolute atomic E-state index is 3.43. The first-order valence-corrected chi connectivity index (χ1v) is 7.07. The molecule has 1 aliphatic rings. The Morgan fingerprint density at radius 2 is 2.00 bits per heavy atom. The van der Waals surface area contributed by atoms with Gasteiger partial charge in [-0.2, -0.15) is 0 Å². The average Bonchev–Trinajstić information content (AvgIpc) is 2.54. The molecule has 18 heavy (non-hydrogen) atoms. The first kappa shape index (κ1) is 13.6. The van der Waals surface area contributed by atoms with E-state index in [9.17, 15) is 0 Å². The van der Waals surface area contributed by atoms with Crippen LogP contribution in [0.2, 0.25) is 0 Å². The van der Waals surface area contributed by atoms with E-state index in [0.29, 0.717) is 5.41 Å². The standard InChI is InChI=1S/C16H26N2/c1-14-7-4-5-8-15(14)16(13-17-2)9-6-11-18(3)12-10-16/h4-5,7-8,17H,6,9-13H2,1-3H3. The zero-order chi connectivity index (χ0) is 13.0. The van der Waals surface area contributed by atoms with Crippen molar-refractivity contribution in [1.82, 2.24) is 10.2 Å². The molecule has 1 N–H and O–H groups in total. The minimum Gasteiger partial charge on any atom is -0.319 e. The van der Waals surface area contributed by atoms with Crippen LogP contribution in [0.5, 0.6) is 0 Å². The lowest BCUT2D eigenvalue weighted by Gasteiger charge is -2.34. The Kier molecular flexibility index (Phi) is 4.41. The molecule has 0 amide bonds. The summed E-state index contributed by atoms with van der Waals surface area (Å²) in [5.41, 5.74) is 3.32. The number of nitrogens with zero attached hydrogens (tertiary/aromatic N) is 1. The molecule has 1 aromatic carbocycles. The molecule has 1 aliphatic heterocycles. The highest BCUT2D eigenvalue weighted by Crippen LogP contribution is 2.36. The van der Waals surface area contributed by atoms with E-state index >= 15 is 0 Å². The van der Waals surface area contributed by atoms with Crippen molar-refractivity contribution < 1.29 is 0 Å². The average molecular weight is 246 g/mol. The van der Waals surface area contributed by atoms with E-state index in [1.807, 2.05) is 0 Å². The van der Waals surface area contributed by atoms with Crippen molar-refractivity contribution in [2.45, 2.75) is 31.6 Å². The van der Waals surface area contributed by atoms with Crippen LogP contribution in [0.1, 0.15) is 30.4 Å². The Morgan fingerprint density at radius 3 is 2.72 bits per heavy atom. The molecule has 1 atom stereocenters. The van der Waals surface area contributed by atoms with Crippen LogP contribution in [0.15, 0.2) is 24.3 Å². The Balaban J connectivity index is 2.34. The van der Waals surface area contributed by atoms with Gasteiger partial charge < -0.3 is 10.2 Å². The molecular weight excluding hydrogens is 220 g/mol. The number of likely N-dealkylation sites (N-methyl/N-ethyl adjacent to an activating group) is 1.